The lowest BCUT2D eigenvalue weighted by atomic mass is 9.97. The van der Waals surface area contributed by atoms with E-state index in [0.717, 1.165) is 17.5 Å². The zero-order valence-corrected chi connectivity index (χ0v) is 22.9. The van der Waals surface area contributed by atoms with Crippen LogP contribution in [0.5, 0.6) is 0 Å². The van der Waals surface area contributed by atoms with Crippen LogP contribution in [0.15, 0.2) is 53.3 Å². The molecule has 0 fully saturated rings. The summed E-state index contributed by atoms with van der Waals surface area (Å²) in [5.41, 5.74) is 2.94. The highest BCUT2D eigenvalue weighted by atomic mass is 35.5. The van der Waals surface area contributed by atoms with Crippen LogP contribution in [0.2, 0.25) is 20.1 Å². The Morgan fingerprint density at radius 3 is 2.28 bits per heavy atom. The molecule has 1 atom stereocenters. The van der Waals surface area contributed by atoms with Crippen molar-refractivity contribution in [2.75, 3.05) is 5.32 Å². The van der Waals surface area contributed by atoms with E-state index in [0.29, 0.717) is 43.9 Å². The van der Waals surface area contributed by atoms with Crippen LogP contribution in [0.3, 0.4) is 0 Å². The molecule has 0 aliphatic heterocycles. The number of halogens is 4. The van der Waals surface area contributed by atoms with E-state index in [4.69, 9.17) is 51.4 Å². The number of carbonyl (C=O) groups excluding carboxylic acids is 1. The van der Waals surface area contributed by atoms with Crippen molar-refractivity contribution in [3.63, 3.8) is 0 Å². The lowest BCUT2D eigenvalue weighted by Crippen LogP contribution is -2.26. The van der Waals surface area contributed by atoms with Crippen LogP contribution >= 0.6 is 46.4 Å². The number of hydrogen-bond acceptors (Lipinski definition) is 3. The number of amides is 1. The van der Waals surface area contributed by atoms with Gasteiger partial charge in [-0.25, -0.2) is 4.98 Å². The van der Waals surface area contributed by atoms with Gasteiger partial charge in [0.25, 0.3) is 5.56 Å². The fraction of sp³-hybridized carbons (Fsp3) is 0.222. The summed E-state index contributed by atoms with van der Waals surface area (Å²) in [5.74, 6) is -0.163. The molecule has 0 aliphatic carbocycles. The fourth-order valence-electron chi connectivity index (χ4n) is 3.98. The van der Waals surface area contributed by atoms with Crippen molar-refractivity contribution in [3.8, 4) is 22.4 Å². The molecule has 186 valence electrons. The molecular weight excluding hydrogens is 540 g/mol. The van der Waals surface area contributed by atoms with Crippen LogP contribution < -0.4 is 10.9 Å². The van der Waals surface area contributed by atoms with Crippen molar-refractivity contribution < 1.29 is 4.79 Å². The summed E-state index contributed by atoms with van der Waals surface area (Å²) >= 11 is 25.5. The van der Waals surface area contributed by atoms with Crippen LogP contribution in [-0.4, -0.2) is 15.5 Å². The zero-order chi connectivity index (χ0) is 26.1. The van der Waals surface area contributed by atoms with Gasteiger partial charge in [-0.15, -0.1) is 0 Å². The molecule has 0 saturated carbocycles. The van der Waals surface area contributed by atoms with Crippen molar-refractivity contribution in [1.82, 2.24) is 9.55 Å². The highest BCUT2D eigenvalue weighted by molar-refractivity contribution is 6.37. The molecule has 2 heterocycles. The first-order chi connectivity index (χ1) is 17.1. The number of benzene rings is 2. The Kier molecular flexibility index (Phi) is 7.96. The van der Waals surface area contributed by atoms with E-state index in [1.54, 1.807) is 34.9 Å². The van der Waals surface area contributed by atoms with Gasteiger partial charge in [-0.1, -0.05) is 78.8 Å². The van der Waals surface area contributed by atoms with Crippen LogP contribution in [0.4, 0.5) is 5.69 Å². The zero-order valence-electron chi connectivity index (χ0n) is 19.8. The Bertz CT molecular complexity index is 1530. The molecule has 2 aromatic carbocycles. The Labute approximate surface area is 229 Å². The van der Waals surface area contributed by atoms with Crippen molar-refractivity contribution in [2.45, 2.75) is 33.7 Å². The Morgan fingerprint density at radius 2 is 1.67 bits per heavy atom. The summed E-state index contributed by atoms with van der Waals surface area (Å²) in [6.07, 6.45) is 0.859. The minimum absolute atomic E-state index is 0.0675. The van der Waals surface area contributed by atoms with Crippen LogP contribution in [-0.2, 0) is 11.3 Å². The third kappa shape index (κ3) is 5.25. The van der Waals surface area contributed by atoms with Crippen molar-refractivity contribution >= 4 is 69.0 Å². The summed E-state index contributed by atoms with van der Waals surface area (Å²) < 4.78 is 1.57. The SMILES string of the molecule is CCC(C)Cn1c(=O)c(Cl)c(NC(C)=O)c2cc(-c3ccc(Cl)cc3)c(-c3ccc(Cl)cc3Cl)nc21. The van der Waals surface area contributed by atoms with Gasteiger partial charge in [0.05, 0.1) is 16.4 Å². The third-order valence-corrected chi connectivity index (χ3v) is 7.16. The highest BCUT2D eigenvalue weighted by Gasteiger charge is 2.23. The number of pyridine rings is 2. The number of fused-ring (bicyclic) bond motifs is 1. The van der Waals surface area contributed by atoms with Gasteiger partial charge in [0.1, 0.15) is 10.7 Å². The molecule has 9 heteroatoms. The van der Waals surface area contributed by atoms with E-state index in [-0.39, 0.29) is 22.5 Å². The van der Waals surface area contributed by atoms with Crippen LogP contribution in [0.1, 0.15) is 27.2 Å². The van der Waals surface area contributed by atoms with E-state index in [1.165, 1.54) is 6.92 Å². The van der Waals surface area contributed by atoms with Gasteiger partial charge in [0.2, 0.25) is 5.91 Å². The van der Waals surface area contributed by atoms with E-state index < -0.39 is 5.56 Å². The van der Waals surface area contributed by atoms with E-state index >= 15 is 0 Å². The summed E-state index contributed by atoms with van der Waals surface area (Å²) in [4.78, 5) is 30.4. The molecule has 2 aromatic heterocycles. The monoisotopic (exact) mass is 561 g/mol. The quantitative estimate of drug-likeness (QED) is 0.257. The van der Waals surface area contributed by atoms with Gasteiger partial charge >= 0.3 is 0 Å². The molecule has 4 rings (SSSR count). The molecular formula is C27H23Cl4N3O2. The molecule has 0 radical (unpaired) electrons. The smallest absolute Gasteiger partial charge is 0.273 e. The van der Waals surface area contributed by atoms with Gasteiger partial charge in [0, 0.05) is 40.0 Å². The number of aromatic nitrogens is 2. The van der Waals surface area contributed by atoms with Gasteiger partial charge in [-0.3, -0.25) is 14.2 Å². The second-order valence-electron chi connectivity index (χ2n) is 8.69. The minimum atomic E-state index is -0.423. The Balaban J connectivity index is 2.17. The first kappa shape index (κ1) is 26.5. The number of rotatable bonds is 6. The van der Waals surface area contributed by atoms with E-state index in [1.807, 2.05) is 25.1 Å². The summed E-state index contributed by atoms with van der Waals surface area (Å²) in [7, 11) is 0. The van der Waals surface area contributed by atoms with Gasteiger partial charge in [0.15, 0.2) is 0 Å². The molecule has 0 aliphatic rings. The van der Waals surface area contributed by atoms with Crippen molar-refractivity contribution in [2.24, 2.45) is 5.92 Å². The topological polar surface area (TPSA) is 64.0 Å². The minimum Gasteiger partial charge on any atom is -0.324 e. The maximum Gasteiger partial charge on any atom is 0.273 e. The predicted molar refractivity (Wildman–Crippen MR) is 151 cm³/mol. The lowest BCUT2D eigenvalue weighted by molar-refractivity contribution is -0.114. The van der Waals surface area contributed by atoms with Gasteiger partial charge in [-0.05, 0) is 47.9 Å². The van der Waals surface area contributed by atoms with E-state index in [2.05, 4.69) is 12.2 Å². The fourth-order valence-corrected chi connectivity index (χ4v) is 4.85. The molecule has 1 N–H and O–H groups in total. The predicted octanol–water partition coefficient (Wildman–Crippen LogP) is 8.35. The molecule has 36 heavy (non-hydrogen) atoms. The molecule has 1 unspecified atom stereocenters. The van der Waals surface area contributed by atoms with Crippen LogP contribution in [0, 0.1) is 5.92 Å². The van der Waals surface area contributed by atoms with E-state index in [9.17, 15) is 9.59 Å². The number of carbonyl (C=O) groups is 1. The summed E-state index contributed by atoms with van der Waals surface area (Å²) in [6, 6.07) is 14.3. The summed E-state index contributed by atoms with van der Waals surface area (Å²) in [6.45, 7) is 5.87. The average molecular weight is 563 g/mol. The molecule has 0 saturated heterocycles. The normalized spacial score (nSPS) is 12.1. The summed E-state index contributed by atoms with van der Waals surface area (Å²) in [5, 5.41) is 4.69. The van der Waals surface area contributed by atoms with Gasteiger partial charge in [-0.2, -0.15) is 0 Å². The standard InChI is InChI=1S/C27H23Cl4N3O2/c1-4-14(2)13-34-26-21(25(32-15(3)35)23(31)27(34)36)12-20(16-5-7-17(28)8-6-16)24(33-26)19-10-9-18(29)11-22(19)30/h5-12,14H,4,13H2,1-3H3,(H,32,35). The maximum absolute atomic E-state index is 13.4. The first-order valence-corrected chi connectivity index (χ1v) is 12.9. The highest BCUT2D eigenvalue weighted by Crippen LogP contribution is 2.40. The second kappa shape index (κ2) is 10.8. The van der Waals surface area contributed by atoms with Crippen molar-refractivity contribution in [3.05, 3.63) is 79.0 Å². The second-order valence-corrected chi connectivity index (χ2v) is 10.3. The number of hydrogen-bond donors (Lipinski definition) is 1. The third-order valence-electron chi connectivity index (χ3n) is 6.01. The lowest BCUT2D eigenvalue weighted by Gasteiger charge is -2.20. The first-order valence-electron chi connectivity index (χ1n) is 11.4. The number of anilines is 1. The largest absolute Gasteiger partial charge is 0.324 e. The van der Waals surface area contributed by atoms with Crippen molar-refractivity contribution in [1.29, 1.82) is 0 Å². The molecule has 0 spiro atoms. The molecule has 4 aromatic rings. The Morgan fingerprint density at radius 1 is 1.00 bits per heavy atom. The number of nitrogens with zero attached hydrogens (tertiary/aromatic N) is 2. The Hall–Kier alpha value is -2.57. The average Bonchev–Trinajstić information content (AvgIpc) is 2.84. The van der Waals surface area contributed by atoms with Gasteiger partial charge < -0.3 is 5.32 Å². The molecule has 0 bridgehead atoms. The maximum atomic E-state index is 13.4. The molecule has 1 amide bonds. The number of nitrogens with one attached hydrogen (secondary N) is 1. The molecule has 5 nitrogen and oxygen atoms in total. The van der Waals surface area contributed by atoms with Crippen LogP contribution in [0.25, 0.3) is 33.4 Å².